The van der Waals surface area contributed by atoms with Gasteiger partial charge in [0.2, 0.25) is 0 Å². The first kappa shape index (κ1) is 24.2. The van der Waals surface area contributed by atoms with Crippen molar-refractivity contribution in [3.05, 3.63) is 89.5 Å². The number of hydrogen-bond donors (Lipinski definition) is 1. The van der Waals surface area contributed by atoms with Crippen LogP contribution in [0.4, 0.5) is 0 Å². The number of para-hydroxylation sites is 3. The zero-order valence-electron chi connectivity index (χ0n) is 18.5. The summed E-state index contributed by atoms with van der Waals surface area (Å²) in [6.07, 6.45) is 0. The standard InChI is InChI=1S/C21H21O3P.C4H8O2/c1-16-10-4-7-13-19(16)22-25(23-20-14-8-5-11-17(20)2)24-21-15-9-6-12-18(21)3;1-3(2)4(5)6/h4-15H,1-3H3;3H,1-2H3,(H,5,6). The fourth-order valence-corrected chi connectivity index (χ4v) is 3.48. The Labute approximate surface area is 185 Å². The van der Waals surface area contributed by atoms with Crippen molar-refractivity contribution in [2.45, 2.75) is 34.6 Å². The van der Waals surface area contributed by atoms with Crippen LogP contribution in [0.3, 0.4) is 0 Å². The minimum Gasteiger partial charge on any atom is -0.481 e. The van der Waals surface area contributed by atoms with Crippen molar-refractivity contribution in [1.82, 2.24) is 0 Å². The van der Waals surface area contributed by atoms with Gasteiger partial charge in [0.05, 0.1) is 5.92 Å². The highest BCUT2D eigenvalue weighted by Crippen LogP contribution is 2.44. The van der Waals surface area contributed by atoms with E-state index in [-0.39, 0.29) is 5.92 Å². The van der Waals surface area contributed by atoms with Crippen molar-refractivity contribution in [1.29, 1.82) is 0 Å². The van der Waals surface area contributed by atoms with E-state index in [1.54, 1.807) is 13.8 Å². The second-order valence-electron chi connectivity index (χ2n) is 7.29. The maximum absolute atomic E-state index is 9.70. The Morgan fingerprint density at radius 1 is 0.677 bits per heavy atom. The summed E-state index contributed by atoms with van der Waals surface area (Å²) in [7, 11) is -1.64. The summed E-state index contributed by atoms with van der Waals surface area (Å²) < 4.78 is 18.3. The molecule has 3 aromatic rings. The van der Waals surface area contributed by atoms with E-state index >= 15 is 0 Å². The van der Waals surface area contributed by atoms with E-state index < -0.39 is 14.6 Å². The van der Waals surface area contributed by atoms with Crippen molar-refractivity contribution < 1.29 is 23.5 Å². The van der Waals surface area contributed by atoms with Crippen LogP contribution in [0.1, 0.15) is 30.5 Å². The van der Waals surface area contributed by atoms with Crippen LogP contribution in [0, 0.1) is 26.7 Å². The molecule has 0 amide bonds. The van der Waals surface area contributed by atoms with Crippen LogP contribution in [0.2, 0.25) is 0 Å². The summed E-state index contributed by atoms with van der Waals surface area (Å²) in [5.74, 6) is 1.31. The van der Waals surface area contributed by atoms with Gasteiger partial charge in [0.15, 0.2) is 0 Å². The van der Waals surface area contributed by atoms with E-state index in [2.05, 4.69) is 0 Å². The number of rotatable bonds is 7. The molecule has 0 saturated carbocycles. The van der Waals surface area contributed by atoms with Crippen molar-refractivity contribution in [3.63, 3.8) is 0 Å². The third kappa shape index (κ3) is 7.95. The van der Waals surface area contributed by atoms with Gasteiger partial charge in [-0.3, -0.25) is 4.79 Å². The minimum atomic E-state index is -1.64. The Balaban J connectivity index is 0.000000501. The van der Waals surface area contributed by atoms with Gasteiger partial charge in [0, 0.05) is 0 Å². The fourth-order valence-electron chi connectivity index (χ4n) is 2.27. The Hall–Kier alpha value is -3.04. The number of carbonyl (C=O) groups is 1. The monoisotopic (exact) mass is 440 g/mol. The molecule has 0 saturated heterocycles. The Kier molecular flexibility index (Phi) is 9.36. The van der Waals surface area contributed by atoms with Crippen molar-refractivity contribution in [2.75, 3.05) is 0 Å². The van der Waals surface area contributed by atoms with Crippen LogP contribution in [0.5, 0.6) is 17.2 Å². The first-order chi connectivity index (χ1) is 14.8. The summed E-state index contributed by atoms with van der Waals surface area (Å²) in [4.78, 5) is 9.70. The van der Waals surface area contributed by atoms with Gasteiger partial charge in [-0.2, -0.15) is 0 Å². The Morgan fingerprint density at radius 2 is 0.935 bits per heavy atom. The third-order valence-electron chi connectivity index (χ3n) is 4.29. The summed E-state index contributed by atoms with van der Waals surface area (Å²) in [5.41, 5.74) is 3.12. The molecule has 0 spiro atoms. The molecule has 0 aliphatic rings. The van der Waals surface area contributed by atoms with Crippen LogP contribution in [0.15, 0.2) is 72.8 Å². The highest BCUT2D eigenvalue weighted by atomic mass is 31.2. The average molecular weight is 440 g/mol. The molecule has 0 aliphatic carbocycles. The maximum atomic E-state index is 9.70. The van der Waals surface area contributed by atoms with E-state index in [9.17, 15) is 4.79 Å². The fraction of sp³-hybridized carbons (Fsp3) is 0.240. The predicted molar refractivity (Wildman–Crippen MR) is 125 cm³/mol. The molecule has 31 heavy (non-hydrogen) atoms. The maximum Gasteiger partial charge on any atom is 0.530 e. The number of carboxylic acid groups (broad SMARTS) is 1. The van der Waals surface area contributed by atoms with Gasteiger partial charge in [-0.15, -0.1) is 0 Å². The van der Waals surface area contributed by atoms with E-state index in [1.807, 2.05) is 93.6 Å². The summed E-state index contributed by atoms with van der Waals surface area (Å²) >= 11 is 0. The lowest BCUT2D eigenvalue weighted by Gasteiger charge is -2.20. The zero-order chi connectivity index (χ0) is 22.8. The van der Waals surface area contributed by atoms with Gasteiger partial charge in [-0.05, 0) is 55.7 Å². The molecule has 164 valence electrons. The van der Waals surface area contributed by atoms with Crippen molar-refractivity contribution in [2.24, 2.45) is 5.92 Å². The topological polar surface area (TPSA) is 65.0 Å². The molecular weight excluding hydrogens is 411 g/mol. The molecule has 0 radical (unpaired) electrons. The van der Waals surface area contributed by atoms with Crippen LogP contribution in [-0.2, 0) is 4.79 Å². The summed E-state index contributed by atoms with van der Waals surface area (Å²) in [6.45, 7) is 9.30. The van der Waals surface area contributed by atoms with Crippen LogP contribution >= 0.6 is 8.60 Å². The molecule has 1 N–H and O–H groups in total. The van der Waals surface area contributed by atoms with Gasteiger partial charge < -0.3 is 18.7 Å². The molecule has 0 heterocycles. The van der Waals surface area contributed by atoms with Gasteiger partial charge >= 0.3 is 14.6 Å². The van der Waals surface area contributed by atoms with Gasteiger partial charge in [0.1, 0.15) is 17.2 Å². The first-order valence-corrected chi connectivity index (χ1v) is 11.1. The summed E-state index contributed by atoms with van der Waals surface area (Å²) in [6, 6.07) is 23.6. The number of carboxylic acids is 1. The zero-order valence-corrected chi connectivity index (χ0v) is 19.4. The van der Waals surface area contributed by atoms with Crippen LogP contribution < -0.4 is 13.6 Å². The lowest BCUT2D eigenvalue weighted by molar-refractivity contribution is -0.140. The highest BCUT2D eigenvalue weighted by molar-refractivity contribution is 7.43. The van der Waals surface area contributed by atoms with Crippen LogP contribution in [0.25, 0.3) is 0 Å². The van der Waals surface area contributed by atoms with Crippen molar-refractivity contribution >= 4 is 14.6 Å². The number of benzene rings is 3. The van der Waals surface area contributed by atoms with Crippen LogP contribution in [-0.4, -0.2) is 11.1 Å². The van der Waals surface area contributed by atoms with E-state index in [0.717, 1.165) is 33.9 Å². The lowest BCUT2D eigenvalue weighted by Crippen LogP contribution is -2.04. The molecule has 3 aromatic carbocycles. The van der Waals surface area contributed by atoms with Gasteiger partial charge in [-0.25, -0.2) is 0 Å². The number of aryl methyl sites for hydroxylation is 3. The second kappa shape index (κ2) is 12.0. The van der Waals surface area contributed by atoms with E-state index in [0.29, 0.717) is 0 Å². The predicted octanol–water partition coefficient (Wildman–Crippen LogP) is 7.10. The molecule has 5 nitrogen and oxygen atoms in total. The number of aliphatic carboxylic acids is 1. The molecule has 0 atom stereocenters. The molecule has 6 heteroatoms. The normalized spacial score (nSPS) is 10.3. The Morgan fingerprint density at radius 3 is 1.16 bits per heavy atom. The van der Waals surface area contributed by atoms with E-state index in [4.69, 9.17) is 18.7 Å². The first-order valence-electron chi connectivity index (χ1n) is 10.0. The van der Waals surface area contributed by atoms with Gasteiger partial charge in [-0.1, -0.05) is 68.4 Å². The minimum absolute atomic E-state index is 0.231. The second-order valence-corrected chi connectivity index (χ2v) is 8.28. The molecular formula is C25H29O5P. The molecule has 0 bridgehead atoms. The highest BCUT2D eigenvalue weighted by Gasteiger charge is 2.22. The average Bonchev–Trinajstić information content (AvgIpc) is 2.73. The van der Waals surface area contributed by atoms with Gasteiger partial charge in [0.25, 0.3) is 0 Å². The molecule has 0 aromatic heterocycles. The van der Waals surface area contributed by atoms with E-state index in [1.165, 1.54) is 0 Å². The SMILES string of the molecule is CC(C)C(=O)O.Cc1ccccc1OP(Oc1ccccc1C)Oc1ccccc1C. The summed E-state index contributed by atoms with van der Waals surface area (Å²) in [5, 5.41) is 7.99. The van der Waals surface area contributed by atoms with Crippen molar-refractivity contribution in [3.8, 4) is 17.2 Å². The molecule has 0 fully saturated rings. The molecule has 0 aliphatic heterocycles. The molecule has 3 rings (SSSR count). The molecule has 0 unspecified atom stereocenters. The third-order valence-corrected chi connectivity index (χ3v) is 5.33. The largest absolute Gasteiger partial charge is 0.530 e. The quantitative estimate of drug-likeness (QED) is 0.397. The Bertz CT molecular complexity index is 874. The lowest BCUT2D eigenvalue weighted by atomic mass is 10.2. The smallest absolute Gasteiger partial charge is 0.481 e. The number of hydrogen-bond acceptors (Lipinski definition) is 4.